The van der Waals surface area contributed by atoms with E-state index in [9.17, 15) is 9.59 Å². The number of hydrogen-bond donors (Lipinski definition) is 0. The standard InChI is InChI=1S/C17H24N2O3/c1-16(2)10-17(12-22-3)11-19(8-14(16)17)15(21)9-18-6-4-13(20)5-7-18/h4-7,14H,8-12H2,1-3H3/t14-,17-/m1/s1. The molecule has 1 aliphatic carbocycles. The van der Waals surface area contributed by atoms with E-state index in [1.165, 1.54) is 12.1 Å². The van der Waals surface area contributed by atoms with Gasteiger partial charge in [-0.25, -0.2) is 0 Å². The van der Waals surface area contributed by atoms with Gasteiger partial charge < -0.3 is 14.2 Å². The highest BCUT2D eigenvalue weighted by molar-refractivity contribution is 5.76. The van der Waals surface area contributed by atoms with Crippen molar-refractivity contribution >= 4 is 5.91 Å². The third kappa shape index (κ3) is 2.47. The van der Waals surface area contributed by atoms with E-state index in [0.717, 1.165) is 26.1 Å². The molecule has 5 heteroatoms. The Morgan fingerprint density at radius 3 is 2.64 bits per heavy atom. The maximum Gasteiger partial charge on any atom is 0.242 e. The minimum absolute atomic E-state index is 0.0382. The molecule has 1 aromatic rings. The molecule has 120 valence electrons. The number of hydrogen-bond acceptors (Lipinski definition) is 3. The van der Waals surface area contributed by atoms with E-state index in [-0.39, 0.29) is 28.7 Å². The summed E-state index contributed by atoms with van der Waals surface area (Å²) in [5.41, 5.74) is 0.381. The molecule has 1 aromatic heterocycles. The summed E-state index contributed by atoms with van der Waals surface area (Å²) in [6.45, 7) is 7.17. The van der Waals surface area contributed by atoms with Crippen LogP contribution in [-0.2, 0) is 16.1 Å². The molecule has 0 spiro atoms. The number of amides is 1. The molecule has 1 saturated carbocycles. The van der Waals surface area contributed by atoms with Crippen molar-refractivity contribution in [3.63, 3.8) is 0 Å². The summed E-state index contributed by atoms with van der Waals surface area (Å²) in [6, 6.07) is 2.97. The zero-order valence-electron chi connectivity index (χ0n) is 13.5. The minimum Gasteiger partial charge on any atom is -0.384 e. The number of fused-ring (bicyclic) bond motifs is 1. The van der Waals surface area contributed by atoms with Crippen LogP contribution in [0.3, 0.4) is 0 Å². The highest BCUT2D eigenvalue weighted by atomic mass is 16.5. The molecule has 2 heterocycles. The molecule has 0 unspecified atom stereocenters. The molecule has 0 N–H and O–H groups in total. The zero-order chi connectivity index (χ0) is 16.0. The van der Waals surface area contributed by atoms with Crippen LogP contribution in [-0.4, -0.2) is 42.2 Å². The molecule has 5 nitrogen and oxygen atoms in total. The van der Waals surface area contributed by atoms with E-state index in [1.807, 2.05) is 4.90 Å². The first-order valence-electron chi connectivity index (χ1n) is 7.79. The SMILES string of the molecule is COC[C@@]12CN(C(=O)Cn3ccc(=O)cc3)C[C@@H]1C(C)(C)C2. The van der Waals surface area contributed by atoms with Crippen molar-refractivity contribution in [1.82, 2.24) is 9.47 Å². The van der Waals surface area contributed by atoms with Crippen molar-refractivity contribution in [3.05, 3.63) is 34.7 Å². The molecular weight excluding hydrogens is 280 g/mol. The van der Waals surface area contributed by atoms with Crippen molar-refractivity contribution in [1.29, 1.82) is 0 Å². The minimum atomic E-state index is -0.0382. The second-order valence-corrected chi connectivity index (χ2v) is 7.49. The number of carbonyl (C=O) groups is 1. The van der Waals surface area contributed by atoms with Crippen molar-refractivity contribution in [2.45, 2.75) is 26.8 Å². The summed E-state index contributed by atoms with van der Waals surface area (Å²) in [5, 5.41) is 0. The number of pyridine rings is 1. The fraction of sp³-hybridized carbons (Fsp3) is 0.647. The van der Waals surface area contributed by atoms with Crippen LogP contribution >= 0.6 is 0 Å². The van der Waals surface area contributed by atoms with Gasteiger partial charge in [-0.2, -0.15) is 0 Å². The van der Waals surface area contributed by atoms with Gasteiger partial charge in [0.25, 0.3) is 0 Å². The number of likely N-dealkylation sites (tertiary alicyclic amines) is 1. The summed E-state index contributed by atoms with van der Waals surface area (Å²) in [5.74, 6) is 0.627. The van der Waals surface area contributed by atoms with Gasteiger partial charge in [0.05, 0.1) is 6.61 Å². The third-order valence-electron chi connectivity index (χ3n) is 5.36. The monoisotopic (exact) mass is 304 g/mol. The third-order valence-corrected chi connectivity index (χ3v) is 5.36. The predicted molar refractivity (Wildman–Crippen MR) is 83.5 cm³/mol. The van der Waals surface area contributed by atoms with Gasteiger partial charge in [-0.1, -0.05) is 13.8 Å². The maximum atomic E-state index is 12.6. The topological polar surface area (TPSA) is 51.5 Å². The van der Waals surface area contributed by atoms with Gasteiger partial charge in [0, 0.05) is 50.1 Å². The van der Waals surface area contributed by atoms with E-state index in [1.54, 1.807) is 24.1 Å². The Labute approximate surface area is 130 Å². The van der Waals surface area contributed by atoms with Crippen molar-refractivity contribution < 1.29 is 9.53 Å². The Morgan fingerprint density at radius 2 is 2.05 bits per heavy atom. The lowest BCUT2D eigenvalue weighted by atomic mass is 9.48. The largest absolute Gasteiger partial charge is 0.384 e. The second kappa shape index (κ2) is 5.23. The molecule has 0 radical (unpaired) electrons. The molecule has 1 amide bonds. The van der Waals surface area contributed by atoms with Gasteiger partial charge in [-0.05, 0) is 17.8 Å². The molecular formula is C17H24N2O3. The first kappa shape index (κ1) is 15.3. The van der Waals surface area contributed by atoms with E-state index in [2.05, 4.69) is 13.8 Å². The molecule has 1 saturated heterocycles. The Morgan fingerprint density at radius 1 is 1.36 bits per heavy atom. The van der Waals surface area contributed by atoms with Crippen LogP contribution in [0.4, 0.5) is 0 Å². The molecule has 2 fully saturated rings. The average molecular weight is 304 g/mol. The smallest absolute Gasteiger partial charge is 0.242 e. The van der Waals surface area contributed by atoms with Crippen LogP contribution in [0.5, 0.6) is 0 Å². The quantitative estimate of drug-likeness (QED) is 0.844. The van der Waals surface area contributed by atoms with E-state index >= 15 is 0 Å². The lowest BCUT2D eigenvalue weighted by molar-refractivity contribution is -0.131. The fourth-order valence-electron chi connectivity index (χ4n) is 4.60. The van der Waals surface area contributed by atoms with Gasteiger partial charge in [0.2, 0.25) is 5.91 Å². The number of methoxy groups -OCH3 is 1. The Hall–Kier alpha value is -1.62. The van der Waals surface area contributed by atoms with Crippen LogP contribution in [0.1, 0.15) is 20.3 Å². The second-order valence-electron chi connectivity index (χ2n) is 7.49. The van der Waals surface area contributed by atoms with Gasteiger partial charge in [0.15, 0.2) is 5.43 Å². The zero-order valence-corrected chi connectivity index (χ0v) is 13.5. The molecule has 3 rings (SSSR count). The van der Waals surface area contributed by atoms with Crippen LogP contribution in [0.15, 0.2) is 29.3 Å². The average Bonchev–Trinajstić information content (AvgIpc) is 2.77. The molecule has 0 bridgehead atoms. The Kier molecular flexibility index (Phi) is 3.63. The normalized spacial score (nSPS) is 29.0. The summed E-state index contributed by atoms with van der Waals surface area (Å²) in [6.07, 6.45) is 4.44. The maximum absolute atomic E-state index is 12.6. The molecule has 0 aromatic carbocycles. The highest BCUT2D eigenvalue weighted by Crippen LogP contribution is 2.62. The number of carbonyl (C=O) groups excluding carboxylic acids is 1. The lowest BCUT2D eigenvalue weighted by Crippen LogP contribution is -2.55. The summed E-state index contributed by atoms with van der Waals surface area (Å²) in [7, 11) is 1.74. The molecule has 22 heavy (non-hydrogen) atoms. The number of rotatable bonds is 4. The van der Waals surface area contributed by atoms with E-state index in [4.69, 9.17) is 4.74 Å². The Balaban J connectivity index is 1.70. The predicted octanol–water partition coefficient (Wildman–Crippen LogP) is 1.37. The van der Waals surface area contributed by atoms with Crippen LogP contribution in [0, 0.1) is 16.7 Å². The molecule has 2 atom stereocenters. The van der Waals surface area contributed by atoms with E-state index < -0.39 is 0 Å². The number of ether oxygens (including phenoxy) is 1. The van der Waals surface area contributed by atoms with Gasteiger partial charge in [0.1, 0.15) is 6.54 Å². The van der Waals surface area contributed by atoms with E-state index in [0.29, 0.717) is 5.92 Å². The van der Waals surface area contributed by atoms with Crippen LogP contribution in [0.25, 0.3) is 0 Å². The molecule has 2 aliphatic rings. The van der Waals surface area contributed by atoms with Crippen molar-refractivity contribution in [2.24, 2.45) is 16.7 Å². The van der Waals surface area contributed by atoms with Gasteiger partial charge in [-0.3, -0.25) is 9.59 Å². The van der Waals surface area contributed by atoms with Gasteiger partial charge in [-0.15, -0.1) is 0 Å². The summed E-state index contributed by atoms with van der Waals surface area (Å²) in [4.78, 5) is 25.7. The van der Waals surface area contributed by atoms with Gasteiger partial charge >= 0.3 is 0 Å². The molecule has 1 aliphatic heterocycles. The van der Waals surface area contributed by atoms with Crippen LogP contribution < -0.4 is 5.43 Å². The van der Waals surface area contributed by atoms with Crippen LogP contribution in [0.2, 0.25) is 0 Å². The first-order chi connectivity index (χ1) is 10.4. The summed E-state index contributed by atoms with van der Waals surface area (Å²) < 4.78 is 7.19. The van der Waals surface area contributed by atoms with Crippen molar-refractivity contribution in [3.8, 4) is 0 Å². The number of aromatic nitrogens is 1. The Bertz CT molecular complexity index is 617. The summed E-state index contributed by atoms with van der Waals surface area (Å²) >= 11 is 0. The fourth-order valence-corrected chi connectivity index (χ4v) is 4.60. The first-order valence-corrected chi connectivity index (χ1v) is 7.79. The number of nitrogens with zero attached hydrogens (tertiary/aromatic N) is 2. The van der Waals surface area contributed by atoms with Crippen molar-refractivity contribution in [2.75, 3.05) is 26.8 Å². The lowest BCUT2D eigenvalue weighted by Gasteiger charge is -2.56. The highest BCUT2D eigenvalue weighted by Gasteiger charge is 2.63.